The van der Waals surface area contributed by atoms with E-state index in [0.29, 0.717) is 16.1 Å². The molecule has 0 radical (unpaired) electrons. The lowest BCUT2D eigenvalue weighted by molar-refractivity contribution is 0.112. The van der Waals surface area contributed by atoms with Gasteiger partial charge < -0.3 is 0 Å². The first-order valence-electron chi connectivity index (χ1n) is 5.89. The van der Waals surface area contributed by atoms with Crippen LogP contribution in [0.3, 0.4) is 0 Å². The van der Waals surface area contributed by atoms with Crippen molar-refractivity contribution in [3.8, 4) is 11.3 Å². The van der Waals surface area contributed by atoms with Gasteiger partial charge in [0.1, 0.15) is 6.29 Å². The minimum atomic E-state index is 0.498. The summed E-state index contributed by atoms with van der Waals surface area (Å²) < 4.78 is 0. The van der Waals surface area contributed by atoms with Gasteiger partial charge in [0.05, 0.1) is 16.2 Å². The molecular formula is C16H10ClNO. The van der Waals surface area contributed by atoms with Gasteiger partial charge in [0, 0.05) is 16.5 Å². The van der Waals surface area contributed by atoms with Crippen molar-refractivity contribution in [2.45, 2.75) is 0 Å². The molecular weight excluding hydrogens is 258 g/mol. The number of aromatic nitrogens is 1. The van der Waals surface area contributed by atoms with Crippen LogP contribution in [0.5, 0.6) is 0 Å². The first-order chi connectivity index (χ1) is 9.28. The summed E-state index contributed by atoms with van der Waals surface area (Å²) in [5.74, 6) is 0. The van der Waals surface area contributed by atoms with Crippen molar-refractivity contribution in [1.29, 1.82) is 0 Å². The summed E-state index contributed by atoms with van der Waals surface area (Å²) in [5, 5.41) is 1.37. The van der Waals surface area contributed by atoms with Crippen LogP contribution < -0.4 is 0 Å². The lowest BCUT2D eigenvalue weighted by Gasteiger charge is -2.05. The molecule has 3 rings (SSSR count). The van der Waals surface area contributed by atoms with E-state index in [0.717, 1.165) is 22.9 Å². The predicted molar refractivity (Wildman–Crippen MR) is 77.6 cm³/mol. The number of hydrogen-bond acceptors (Lipinski definition) is 2. The first kappa shape index (κ1) is 11.9. The molecule has 0 amide bonds. The Bertz CT molecular complexity index is 753. The third-order valence-electron chi connectivity index (χ3n) is 2.97. The number of benzene rings is 2. The maximum Gasteiger partial charge on any atom is 0.150 e. The number of carbonyl (C=O) groups excluding carboxylic acids is 1. The number of hydrogen-bond donors (Lipinski definition) is 0. The summed E-state index contributed by atoms with van der Waals surface area (Å²) in [7, 11) is 0. The van der Waals surface area contributed by atoms with E-state index in [2.05, 4.69) is 4.98 Å². The molecule has 0 fully saturated rings. The molecule has 1 aromatic heterocycles. The molecule has 0 unspecified atom stereocenters. The van der Waals surface area contributed by atoms with Gasteiger partial charge in [0.2, 0.25) is 0 Å². The van der Waals surface area contributed by atoms with Crippen molar-refractivity contribution in [3.05, 3.63) is 65.2 Å². The van der Waals surface area contributed by atoms with Gasteiger partial charge in [0.15, 0.2) is 0 Å². The van der Waals surface area contributed by atoms with Crippen molar-refractivity contribution < 1.29 is 4.79 Å². The minimum absolute atomic E-state index is 0.498. The highest BCUT2D eigenvalue weighted by Gasteiger charge is 2.06. The van der Waals surface area contributed by atoms with E-state index in [9.17, 15) is 4.79 Å². The van der Waals surface area contributed by atoms with E-state index in [4.69, 9.17) is 11.6 Å². The number of halogens is 1. The molecule has 1 heterocycles. The van der Waals surface area contributed by atoms with Crippen LogP contribution in [0.4, 0.5) is 0 Å². The zero-order valence-corrected chi connectivity index (χ0v) is 10.8. The van der Waals surface area contributed by atoms with Gasteiger partial charge in [-0.15, -0.1) is 0 Å². The summed E-state index contributed by atoms with van der Waals surface area (Å²) in [4.78, 5) is 15.4. The van der Waals surface area contributed by atoms with Gasteiger partial charge in [-0.3, -0.25) is 4.79 Å². The average molecular weight is 268 g/mol. The van der Waals surface area contributed by atoms with Gasteiger partial charge in [-0.25, -0.2) is 4.98 Å². The molecule has 0 atom stereocenters. The highest BCUT2D eigenvalue weighted by molar-refractivity contribution is 6.35. The fourth-order valence-electron chi connectivity index (χ4n) is 2.05. The number of fused-ring (bicyclic) bond motifs is 1. The van der Waals surface area contributed by atoms with Crippen LogP contribution in [0.25, 0.3) is 22.2 Å². The van der Waals surface area contributed by atoms with Gasteiger partial charge in [-0.05, 0) is 18.2 Å². The quantitative estimate of drug-likeness (QED) is 0.646. The Kier molecular flexibility index (Phi) is 3.02. The Morgan fingerprint density at radius 1 is 1.00 bits per heavy atom. The second kappa shape index (κ2) is 4.82. The molecule has 3 heteroatoms. The lowest BCUT2D eigenvalue weighted by atomic mass is 10.1. The van der Waals surface area contributed by atoms with Crippen LogP contribution in [0.1, 0.15) is 10.4 Å². The summed E-state index contributed by atoms with van der Waals surface area (Å²) in [5.41, 5.74) is 3.19. The van der Waals surface area contributed by atoms with E-state index in [1.807, 2.05) is 42.5 Å². The first-order valence-corrected chi connectivity index (χ1v) is 6.26. The third kappa shape index (κ3) is 2.23. The Labute approximate surface area is 115 Å². The molecule has 0 aliphatic rings. The van der Waals surface area contributed by atoms with Crippen molar-refractivity contribution in [3.63, 3.8) is 0 Å². The average Bonchev–Trinajstić information content (AvgIpc) is 2.47. The molecule has 19 heavy (non-hydrogen) atoms. The summed E-state index contributed by atoms with van der Waals surface area (Å²) in [6.07, 6.45) is 0.788. The smallest absolute Gasteiger partial charge is 0.150 e. The topological polar surface area (TPSA) is 30.0 Å². The molecule has 2 nitrogen and oxygen atoms in total. The van der Waals surface area contributed by atoms with E-state index in [1.165, 1.54) is 0 Å². The van der Waals surface area contributed by atoms with Crippen molar-refractivity contribution >= 4 is 28.8 Å². The highest BCUT2D eigenvalue weighted by atomic mass is 35.5. The van der Waals surface area contributed by atoms with Crippen molar-refractivity contribution in [2.24, 2.45) is 0 Å². The van der Waals surface area contributed by atoms with Crippen LogP contribution in [0.15, 0.2) is 54.6 Å². The summed E-state index contributed by atoms with van der Waals surface area (Å²) in [6, 6.07) is 17.2. The van der Waals surface area contributed by atoms with E-state index in [-0.39, 0.29) is 0 Å². The largest absolute Gasteiger partial charge is 0.298 e. The molecule has 92 valence electrons. The lowest BCUT2D eigenvalue weighted by Crippen LogP contribution is -1.88. The number of nitrogens with zero attached hydrogens (tertiary/aromatic N) is 1. The molecule has 3 aromatic rings. The molecule has 2 aromatic carbocycles. The molecule has 0 aliphatic heterocycles. The van der Waals surface area contributed by atoms with Crippen LogP contribution in [0, 0.1) is 0 Å². The Hall–Kier alpha value is -2.19. The fourth-order valence-corrected chi connectivity index (χ4v) is 2.33. The van der Waals surface area contributed by atoms with Gasteiger partial charge in [0.25, 0.3) is 0 Å². The van der Waals surface area contributed by atoms with Gasteiger partial charge in [-0.1, -0.05) is 48.0 Å². The van der Waals surface area contributed by atoms with E-state index >= 15 is 0 Å². The minimum Gasteiger partial charge on any atom is -0.298 e. The Balaban J connectivity index is 2.22. The predicted octanol–water partition coefficient (Wildman–Crippen LogP) is 4.37. The monoisotopic (exact) mass is 267 g/mol. The van der Waals surface area contributed by atoms with Crippen LogP contribution in [-0.4, -0.2) is 11.3 Å². The second-order valence-electron chi connectivity index (χ2n) is 4.25. The Morgan fingerprint density at radius 3 is 2.53 bits per heavy atom. The van der Waals surface area contributed by atoms with Crippen LogP contribution in [-0.2, 0) is 0 Å². The van der Waals surface area contributed by atoms with Gasteiger partial charge in [-0.2, -0.15) is 0 Å². The van der Waals surface area contributed by atoms with E-state index < -0.39 is 0 Å². The van der Waals surface area contributed by atoms with Crippen LogP contribution in [0.2, 0.25) is 5.02 Å². The number of carbonyl (C=O) groups is 1. The van der Waals surface area contributed by atoms with Crippen LogP contribution >= 0.6 is 11.6 Å². The summed E-state index contributed by atoms with van der Waals surface area (Å²) >= 11 is 6.18. The second-order valence-corrected chi connectivity index (χ2v) is 4.66. The van der Waals surface area contributed by atoms with Gasteiger partial charge >= 0.3 is 0 Å². The van der Waals surface area contributed by atoms with Crippen molar-refractivity contribution in [1.82, 2.24) is 4.98 Å². The SMILES string of the molecule is O=Cc1cc(Cl)c2nc(-c3ccccc3)ccc2c1. The molecule has 0 saturated heterocycles. The maximum absolute atomic E-state index is 10.8. The molecule has 0 saturated carbocycles. The molecule has 0 bridgehead atoms. The molecule has 0 aliphatic carbocycles. The third-order valence-corrected chi connectivity index (χ3v) is 3.26. The maximum atomic E-state index is 10.8. The molecule has 0 spiro atoms. The summed E-state index contributed by atoms with van der Waals surface area (Å²) in [6.45, 7) is 0. The van der Waals surface area contributed by atoms with E-state index in [1.54, 1.807) is 12.1 Å². The normalized spacial score (nSPS) is 10.6. The van der Waals surface area contributed by atoms with Crippen molar-refractivity contribution in [2.75, 3.05) is 0 Å². The molecule has 0 N–H and O–H groups in total. The number of aldehydes is 1. The zero-order chi connectivity index (χ0) is 13.2. The number of rotatable bonds is 2. The zero-order valence-electron chi connectivity index (χ0n) is 10.0. The fraction of sp³-hybridized carbons (Fsp3) is 0. The highest BCUT2D eigenvalue weighted by Crippen LogP contribution is 2.26. The Morgan fingerprint density at radius 2 is 1.79 bits per heavy atom. The standard InChI is InChI=1S/C16H10ClNO/c17-14-9-11(10-19)8-13-6-7-15(18-16(13)14)12-4-2-1-3-5-12/h1-10H. The number of pyridine rings is 1.